The summed E-state index contributed by atoms with van der Waals surface area (Å²) in [5, 5.41) is 0. The maximum absolute atomic E-state index is 11.9. The fraction of sp³-hybridized carbons (Fsp3) is 0.500. The molecule has 0 amide bonds. The maximum atomic E-state index is 11.9. The second-order valence-corrected chi connectivity index (χ2v) is 3.83. The summed E-state index contributed by atoms with van der Waals surface area (Å²) < 4.78 is 36.3. The molecule has 3 nitrogen and oxygen atoms in total. The minimum Gasteiger partial charge on any atom is -0.383 e. The summed E-state index contributed by atoms with van der Waals surface area (Å²) in [5.41, 5.74) is 6.02. The molecule has 0 aromatic carbocycles. The van der Waals surface area contributed by atoms with E-state index in [1.807, 2.05) is 0 Å². The van der Waals surface area contributed by atoms with Crippen LogP contribution in [-0.4, -0.2) is 16.1 Å². The Kier molecular flexibility index (Phi) is 3.54. The quantitative estimate of drug-likeness (QED) is 0.908. The van der Waals surface area contributed by atoms with Crippen molar-refractivity contribution in [2.24, 2.45) is 0 Å². The minimum atomic E-state index is -4.20. The fourth-order valence-electron chi connectivity index (χ4n) is 1.01. The topological polar surface area (TPSA) is 51.8 Å². The van der Waals surface area contributed by atoms with E-state index in [-0.39, 0.29) is 18.1 Å². The zero-order chi connectivity index (χ0) is 11.6. The first kappa shape index (κ1) is 12.2. The molecule has 2 N–H and O–H groups in total. The van der Waals surface area contributed by atoms with Gasteiger partial charge in [0.15, 0.2) is 0 Å². The lowest BCUT2D eigenvalue weighted by Crippen LogP contribution is -2.11. The van der Waals surface area contributed by atoms with Crippen molar-refractivity contribution in [1.29, 1.82) is 0 Å². The summed E-state index contributed by atoms with van der Waals surface area (Å²) >= 11 is 3.13. The number of halogens is 4. The second-order valence-electron chi connectivity index (χ2n) is 3.04. The number of hydrogen-bond donors (Lipinski definition) is 1. The first-order valence-electron chi connectivity index (χ1n) is 4.15. The van der Waals surface area contributed by atoms with E-state index in [9.17, 15) is 13.2 Å². The van der Waals surface area contributed by atoms with Crippen LogP contribution in [0.4, 0.5) is 19.0 Å². The van der Waals surface area contributed by atoms with Crippen molar-refractivity contribution in [1.82, 2.24) is 9.97 Å². The summed E-state index contributed by atoms with van der Waals surface area (Å²) in [6.07, 6.45) is -5.38. The largest absolute Gasteiger partial charge is 0.389 e. The van der Waals surface area contributed by atoms with Crippen molar-refractivity contribution in [3.05, 3.63) is 16.0 Å². The lowest BCUT2D eigenvalue weighted by Gasteiger charge is -2.07. The van der Waals surface area contributed by atoms with E-state index >= 15 is 0 Å². The van der Waals surface area contributed by atoms with Gasteiger partial charge in [0.1, 0.15) is 11.6 Å². The zero-order valence-electron chi connectivity index (χ0n) is 7.90. The molecule has 0 radical (unpaired) electrons. The Labute approximate surface area is 93.0 Å². The Morgan fingerprint density at radius 2 is 1.93 bits per heavy atom. The molecule has 0 spiro atoms. The number of nitrogens with two attached hydrogens (primary N) is 1. The molecule has 1 aromatic rings. The molecule has 7 heteroatoms. The van der Waals surface area contributed by atoms with E-state index in [0.717, 1.165) is 0 Å². The van der Waals surface area contributed by atoms with Crippen LogP contribution in [0.1, 0.15) is 17.9 Å². The van der Waals surface area contributed by atoms with Crippen molar-refractivity contribution < 1.29 is 13.2 Å². The van der Waals surface area contributed by atoms with Gasteiger partial charge in [-0.1, -0.05) is 0 Å². The first-order valence-corrected chi connectivity index (χ1v) is 4.94. The highest BCUT2D eigenvalue weighted by atomic mass is 79.9. The average molecular weight is 284 g/mol. The Bertz CT molecular complexity index is 342. The van der Waals surface area contributed by atoms with Gasteiger partial charge in [-0.25, -0.2) is 9.97 Å². The van der Waals surface area contributed by atoms with E-state index < -0.39 is 12.6 Å². The summed E-state index contributed by atoms with van der Waals surface area (Å²) in [6.45, 7) is 1.65. The molecule has 0 bridgehead atoms. The Balaban J connectivity index is 2.80. The summed E-state index contributed by atoms with van der Waals surface area (Å²) in [4.78, 5) is 7.66. The molecule has 1 heterocycles. The van der Waals surface area contributed by atoms with Crippen LogP contribution in [0.5, 0.6) is 0 Å². The molecule has 0 aliphatic carbocycles. The van der Waals surface area contributed by atoms with Gasteiger partial charge < -0.3 is 5.73 Å². The summed E-state index contributed by atoms with van der Waals surface area (Å²) in [5.74, 6) is 0.283. The van der Waals surface area contributed by atoms with Gasteiger partial charge in [-0.05, 0) is 22.9 Å². The number of aryl methyl sites for hydroxylation is 2. The molecule has 84 valence electrons. The number of rotatable bonds is 2. The van der Waals surface area contributed by atoms with E-state index in [0.29, 0.717) is 10.2 Å². The minimum absolute atomic E-state index is 0.116. The number of nitrogens with zero attached hydrogens (tertiary/aromatic N) is 2. The molecule has 0 atom stereocenters. The van der Waals surface area contributed by atoms with Gasteiger partial charge in [-0.3, -0.25) is 0 Å². The normalized spacial score (nSPS) is 11.8. The van der Waals surface area contributed by atoms with Crippen molar-refractivity contribution in [2.45, 2.75) is 25.9 Å². The summed E-state index contributed by atoms with van der Waals surface area (Å²) in [7, 11) is 0. The van der Waals surface area contributed by atoms with Crippen molar-refractivity contribution in [3.63, 3.8) is 0 Å². The molecule has 0 unspecified atom stereocenters. The molecule has 0 aliphatic rings. The Hall–Kier alpha value is -0.850. The molecular formula is C8H9BrF3N3. The number of anilines is 1. The molecule has 0 fully saturated rings. The van der Waals surface area contributed by atoms with Crippen molar-refractivity contribution in [3.8, 4) is 0 Å². The van der Waals surface area contributed by atoms with Crippen LogP contribution in [0, 0.1) is 6.92 Å². The number of nitrogen functional groups attached to an aromatic ring is 1. The van der Waals surface area contributed by atoms with Crippen LogP contribution in [0.25, 0.3) is 0 Å². The molecular weight excluding hydrogens is 275 g/mol. The molecule has 0 saturated carbocycles. The number of hydrogen-bond acceptors (Lipinski definition) is 3. The second kappa shape index (κ2) is 4.34. The van der Waals surface area contributed by atoms with Gasteiger partial charge in [0, 0.05) is 6.42 Å². The van der Waals surface area contributed by atoms with Crippen LogP contribution >= 0.6 is 15.9 Å². The van der Waals surface area contributed by atoms with Crippen LogP contribution in [0.15, 0.2) is 4.47 Å². The molecule has 1 aromatic heterocycles. The highest BCUT2D eigenvalue weighted by Crippen LogP contribution is 2.23. The molecule has 0 saturated heterocycles. The highest BCUT2D eigenvalue weighted by molar-refractivity contribution is 9.10. The van der Waals surface area contributed by atoms with Gasteiger partial charge in [-0.2, -0.15) is 13.2 Å². The SMILES string of the molecule is Cc1nc(CCC(F)(F)F)nc(N)c1Br. The molecule has 15 heavy (non-hydrogen) atoms. The standard InChI is InChI=1S/C8H9BrF3N3/c1-4-6(9)7(13)15-5(14-4)2-3-8(10,11)12/h2-3H2,1H3,(H2,13,14,15). The van der Waals surface area contributed by atoms with Crippen LogP contribution in [0.3, 0.4) is 0 Å². The molecule has 0 aliphatic heterocycles. The third-order valence-electron chi connectivity index (χ3n) is 1.72. The number of aromatic nitrogens is 2. The Morgan fingerprint density at radius 1 is 1.33 bits per heavy atom. The van der Waals surface area contributed by atoms with E-state index in [1.165, 1.54) is 0 Å². The molecule has 1 rings (SSSR count). The lowest BCUT2D eigenvalue weighted by molar-refractivity contribution is -0.134. The zero-order valence-corrected chi connectivity index (χ0v) is 9.48. The van der Waals surface area contributed by atoms with Gasteiger partial charge in [0.25, 0.3) is 0 Å². The van der Waals surface area contributed by atoms with Crippen LogP contribution in [0.2, 0.25) is 0 Å². The predicted octanol–water partition coefficient (Wildman–Crippen LogP) is 2.62. The van der Waals surface area contributed by atoms with E-state index in [2.05, 4.69) is 25.9 Å². The fourth-order valence-corrected chi connectivity index (χ4v) is 1.18. The average Bonchev–Trinajstić information content (AvgIpc) is 2.09. The van der Waals surface area contributed by atoms with E-state index in [4.69, 9.17) is 5.73 Å². The van der Waals surface area contributed by atoms with E-state index in [1.54, 1.807) is 6.92 Å². The maximum Gasteiger partial charge on any atom is 0.389 e. The van der Waals surface area contributed by atoms with Gasteiger partial charge in [0.05, 0.1) is 16.6 Å². The third kappa shape index (κ3) is 3.65. The lowest BCUT2D eigenvalue weighted by atomic mass is 10.3. The number of alkyl halides is 3. The van der Waals surface area contributed by atoms with Crippen LogP contribution in [-0.2, 0) is 6.42 Å². The monoisotopic (exact) mass is 283 g/mol. The third-order valence-corrected chi connectivity index (χ3v) is 2.70. The first-order chi connectivity index (χ1) is 6.79. The van der Waals surface area contributed by atoms with Crippen LogP contribution < -0.4 is 5.73 Å². The summed E-state index contributed by atoms with van der Waals surface area (Å²) in [6, 6.07) is 0. The smallest absolute Gasteiger partial charge is 0.383 e. The predicted molar refractivity (Wildman–Crippen MR) is 53.3 cm³/mol. The van der Waals surface area contributed by atoms with Gasteiger partial charge in [-0.15, -0.1) is 0 Å². The Morgan fingerprint density at radius 3 is 2.40 bits per heavy atom. The van der Waals surface area contributed by atoms with Gasteiger partial charge >= 0.3 is 6.18 Å². The van der Waals surface area contributed by atoms with Gasteiger partial charge in [0.2, 0.25) is 0 Å². The highest BCUT2D eigenvalue weighted by Gasteiger charge is 2.27. The van der Waals surface area contributed by atoms with Crippen molar-refractivity contribution >= 4 is 21.7 Å². The van der Waals surface area contributed by atoms with Crippen molar-refractivity contribution in [2.75, 3.05) is 5.73 Å².